The number of benzene rings is 1. The van der Waals surface area contributed by atoms with Gasteiger partial charge in [0, 0.05) is 30.8 Å². The van der Waals surface area contributed by atoms with Crippen molar-refractivity contribution in [3.8, 4) is 6.07 Å². The molecule has 2 heterocycles. The van der Waals surface area contributed by atoms with Gasteiger partial charge in [-0.2, -0.15) is 5.26 Å². The number of hydrogen-bond donors (Lipinski definition) is 1. The van der Waals surface area contributed by atoms with Gasteiger partial charge in [0.15, 0.2) is 5.78 Å². The second kappa shape index (κ2) is 7.51. The van der Waals surface area contributed by atoms with Crippen LogP contribution in [0.1, 0.15) is 39.0 Å². The van der Waals surface area contributed by atoms with Gasteiger partial charge < -0.3 is 10.1 Å². The first kappa shape index (κ1) is 17.2. The highest BCUT2D eigenvalue weighted by Crippen LogP contribution is 2.22. The van der Waals surface area contributed by atoms with Crippen molar-refractivity contribution in [3.05, 3.63) is 64.2 Å². The molecule has 1 aromatic heterocycles. The van der Waals surface area contributed by atoms with Crippen molar-refractivity contribution < 1.29 is 13.9 Å². The van der Waals surface area contributed by atoms with Gasteiger partial charge in [-0.1, -0.05) is 12.1 Å². The van der Waals surface area contributed by atoms with E-state index >= 15 is 0 Å². The zero-order valence-corrected chi connectivity index (χ0v) is 13.9. The minimum absolute atomic E-state index is 0.0653. The average molecular weight is 339 g/mol. The minimum atomic E-state index is -0.425. The molecule has 0 spiro atoms. The summed E-state index contributed by atoms with van der Waals surface area (Å²) in [7, 11) is 0. The Labute approximate surface area is 145 Å². The number of nitrogens with zero attached hydrogens (tertiary/aromatic N) is 2. The van der Waals surface area contributed by atoms with Crippen LogP contribution in [0.5, 0.6) is 0 Å². The minimum Gasteiger partial charge on any atom is -0.371 e. The van der Waals surface area contributed by atoms with Gasteiger partial charge in [0.1, 0.15) is 17.6 Å². The lowest BCUT2D eigenvalue weighted by atomic mass is 9.99. The van der Waals surface area contributed by atoms with Crippen LogP contribution < -0.4 is 5.32 Å². The first-order valence-electron chi connectivity index (χ1n) is 8.09. The Kier molecular flexibility index (Phi) is 5.17. The molecule has 128 valence electrons. The monoisotopic (exact) mass is 339 g/mol. The Morgan fingerprint density at radius 1 is 1.44 bits per heavy atom. The van der Waals surface area contributed by atoms with Gasteiger partial charge in [0.2, 0.25) is 0 Å². The Morgan fingerprint density at radius 3 is 2.96 bits per heavy atom. The van der Waals surface area contributed by atoms with Crippen molar-refractivity contribution in [2.45, 2.75) is 19.4 Å². The number of Topliss-reactive ketones (excluding diaryl/α,β-unsaturated/α-hetero) is 1. The number of aromatic nitrogens is 1. The second-order valence-electron chi connectivity index (χ2n) is 6.01. The molecule has 1 aromatic carbocycles. The summed E-state index contributed by atoms with van der Waals surface area (Å²) in [5.74, 6) is -0.671. The number of aryl methyl sites for hydroxylation is 1. The van der Waals surface area contributed by atoms with Crippen LogP contribution in [0.2, 0.25) is 0 Å². The molecule has 1 aliphatic heterocycles. The lowest BCUT2D eigenvalue weighted by molar-refractivity contribution is 0.0275. The lowest BCUT2D eigenvalue weighted by Gasteiger charge is -2.24. The SMILES string of the molecule is Cc1cc(C(=O)Cc2ccc([C@H]3CNCCO3)cc2F)cc(C#N)n1. The van der Waals surface area contributed by atoms with Crippen LogP contribution in [-0.2, 0) is 11.2 Å². The Morgan fingerprint density at radius 2 is 2.28 bits per heavy atom. The molecule has 6 heteroatoms. The lowest BCUT2D eigenvalue weighted by Crippen LogP contribution is -2.33. The van der Waals surface area contributed by atoms with Gasteiger partial charge in [-0.05, 0) is 36.2 Å². The second-order valence-corrected chi connectivity index (χ2v) is 6.01. The highest BCUT2D eigenvalue weighted by Gasteiger charge is 2.18. The summed E-state index contributed by atoms with van der Waals surface area (Å²) in [5, 5.41) is 12.2. The molecule has 25 heavy (non-hydrogen) atoms. The molecule has 0 amide bonds. The predicted molar refractivity (Wildman–Crippen MR) is 89.7 cm³/mol. The quantitative estimate of drug-likeness (QED) is 0.866. The molecule has 2 aromatic rings. The Hall–Kier alpha value is -2.62. The summed E-state index contributed by atoms with van der Waals surface area (Å²) in [5.41, 5.74) is 2.21. The van der Waals surface area contributed by atoms with E-state index in [4.69, 9.17) is 10.00 Å². The van der Waals surface area contributed by atoms with Gasteiger partial charge in [-0.25, -0.2) is 9.37 Å². The van der Waals surface area contributed by atoms with E-state index in [1.54, 1.807) is 25.1 Å². The maximum absolute atomic E-state index is 14.4. The summed E-state index contributed by atoms with van der Waals surface area (Å²) in [6, 6.07) is 9.81. The maximum Gasteiger partial charge on any atom is 0.167 e. The van der Waals surface area contributed by atoms with Crippen LogP contribution in [0, 0.1) is 24.1 Å². The third-order valence-corrected chi connectivity index (χ3v) is 4.12. The van der Waals surface area contributed by atoms with Crippen molar-refractivity contribution >= 4 is 5.78 Å². The summed E-state index contributed by atoms with van der Waals surface area (Å²) in [6.45, 7) is 3.74. The van der Waals surface area contributed by atoms with Gasteiger partial charge in [0.05, 0.1) is 12.7 Å². The first-order chi connectivity index (χ1) is 12.1. The van der Waals surface area contributed by atoms with E-state index in [0.717, 1.165) is 12.1 Å². The van der Waals surface area contributed by atoms with Gasteiger partial charge >= 0.3 is 0 Å². The molecular weight excluding hydrogens is 321 g/mol. The van der Waals surface area contributed by atoms with Crippen LogP contribution in [0.15, 0.2) is 30.3 Å². The molecule has 1 atom stereocenters. The van der Waals surface area contributed by atoms with E-state index in [2.05, 4.69) is 10.3 Å². The summed E-state index contributed by atoms with van der Waals surface area (Å²) < 4.78 is 20.0. The zero-order chi connectivity index (χ0) is 17.8. The van der Waals surface area contributed by atoms with Crippen molar-refractivity contribution in [2.75, 3.05) is 19.7 Å². The molecular formula is C19H18FN3O2. The number of morpholine rings is 1. The summed E-state index contributed by atoms with van der Waals surface area (Å²) in [4.78, 5) is 16.5. The maximum atomic E-state index is 14.4. The number of ether oxygens (including phenoxy) is 1. The van der Waals surface area contributed by atoms with Crippen molar-refractivity contribution in [2.24, 2.45) is 0 Å². The smallest absolute Gasteiger partial charge is 0.167 e. The van der Waals surface area contributed by atoms with Gasteiger partial charge in [0.25, 0.3) is 0 Å². The van der Waals surface area contributed by atoms with Gasteiger partial charge in [-0.3, -0.25) is 4.79 Å². The molecule has 0 aliphatic carbocycles. The van der Waals surface area contributed by atoms with Crippen molar-refractivity contribution in [1.29, 1.82) is 5.26 Å². The fraction of sp³-hybridized carbons (Fsp3) is 0.316. The van der Waals surface area contributed by atoms with Gasteiger partial charge in [-0.15, -0.1) is 0 Å². The summed E-state index contributed by atoms with van der Waals surface area (Å²) in [6.07, 6.45) is -0.237. The standard InChI is InChI=1S/C19H18FN3O2/c1-12-6-15(7-16(10-21)23-12)18(24)9-13-2-3-14(8-17(13)20)19-11-22-4-5-25-19/h2-3,6-8,19,22H,4-5,9,11H2,1H3/t19-/m1/s1. The fourth-order valence-electron chi connectivity index (χ4n) is 2.85. The highest BCUT2D eigenvalue weighted by molar-refractivity contribution is 5.97. The number of rotatable bonds is 4. The molecule has 1 N–H and O–H groups in total. The number of nitrogens with one attached hydrogen (secondary N) is 1. The van der Waals surface area contributed by atoms with E-state index in [1.807, 2.05) is 6.07 Å². The summed E-state index contributed by atoms with van der Waals surface area (Å²) >= 11 is 0. The number of pyridine rings is 1. The van der Waals surface area contributed by atoms with Crippen LogP contribution in [0.4, 0.5) is 4.39 Å². The van der Waals surface area contributed by atoms with Crippen LogP contribution in [0.3, 0.4) is 0 Å². The predicted octanol–water partition coefficient (Wildman–Crippen LogP) is 2.49. The molecule has 1 saturated heterocycles. The normalized spacial score (nSPS) is 17.1. The highest BCUT2D eigenvalue weighted by atomic mass is 19.1. The van der Waals surface area contributed by atoms with E-state index in [-0.39, 0.29) is 24.0 Å². The number of halogens is 1. The molecule has 3 rings (SSSR count). The molecule has 0 bridgehead atoms. The topological polar surface area (TPSA) is 75.0 Å². The van der Waals surface area contributed by atoms with Crippen LogP contribution >= 0.6 is 0 Å². The van der Waals surface area contributed by atoms with E-state index in [9.17, 15) is 9.18 Å². The Bertz CT molecular complexity index is 839. The molecule has 5 nitrogen and oxygen atoms in total. The first-order valence-corrected chi connectivity index (χ1v) is 8.09. The number of carbonyl (C=O) groups excluding carboxylic acids is 1. The fourth-order valence-corrected chi connectivity index (χ4v) is 2.85. The average Bonchev–Trinajstić information content (AvgIpc) is 2.63. The van der Waals surface area contributed by atoms with Crippen LogP contribution in [0.25, 0.3) is 0 Å². The molecule has 1 aliphatic rings. The molecule has 0 saturated carbocycles. The number of hydrogen-bond acceptors (Lipinski definition) is 5. The third-order valence-electron chi connectivity index (χ3n) is 4.12. The zero-order valence-electron chi connectivity index (χ0n) is 13.9. The third kappa shape index (κ3) is 4.08. The Balaban J connectivity index is 1.77. The number of ketones is 1. The van der Waals surface area contributed by atoms with Crippen molar-refractivity contribution in [1.82, 2.24) is 10.3 Å². The van der Waals surface area contributed by atoms with Crippen LogP contribution in [-0.4, -0.2) is 30.5 Å². The van der Waals surface area contributed by atoms with Crippen molar-refractivity contribution in [3.63, 3.8) is 0 Å². The molecule has 0 radical (unpaired) electrons. The van der Waals surface area contributed by atoms with E-state index in [1.165, 1.54) is 12.1 Å². The molecule has 0 unspecified atom stereocenters. The van der Waals surface area contributed by atoms with E-state index < -0.39 is 5.82 Å². The molecule has 1 fully saturated rings. The number of carbonyl (C=O) groups is 1. The van der Waals surface area contributed by atoms with E-state index in [0.29, 0.717) is 30.0 Å². The largest absolute Gasteiger partial charge is 0.371 e. The number of nitriles is 1.